The van der Waals surface area contributed by atoms with Crippen molar-refractivity contribution in [3.8, 4) is 5.75 Å². The number of nitrogens with zero attached hydrogens (tertiary/aromatic N) is 4. The van der Waals surface area contributed by atoms with Gasteiger partial charge in [0.1, 0.15) is 17.5 Å². The fourth-order valence-electron chi connectivity index (χ4n) is 3.76. The van der Waals surface area contributed by atoms with E-state index in [1.165, 1.54) is 17.7 Å². The number of para-hydroxylation sites is 1. The molecule has 1 N–H and O–H groups in total. The van der Waals surface area contributed by atoms with E-state index in [4.69, 9.17) is 4.74 Å². The molecular weight excluding hydrogens is 421 g/mol. The van der Waals surface area contributed by atoms with Crippen LogP contribution in [-0.4, -0.2) is 53.1 Å². The monoisotopic (exact) mass is 449 g/mol. The normalized spacial score (nSPS) is 14.7. The van der Waals surface area contributed by atoms with Crippen molar-refractivity contribution in [2.45, 2.75) is 26.9 Å². The van der Waals surface area contributed by atoms with Gasteiger partial charge in [0, 0.05) is 37.9 Å². The van der Waals surface area contributed by atoms with Crippen LogP contribution in [0.1, 0.15) is 18.3 Å². The second-order valence-electron chi connectivity index (χ2n) is 8.15. The molecule has 0 bridgehead atoms. The van der Waals surface area contributed by atoms with Crippen LogP contribution in [0.3, 0.4) is 0 Å². The summed E-state index contributed by atoms with van der Waals surface area (Å²) in [5, 5.41) is 3.33. The average Bonchev–Trinajstić information content (AvgIpc) is 2.81. The lowest BCUT2D eigenvalue weighted by Gasteiger charge is -2.36. The number of anilines is 3. The predicted molar refractivity (Wildman–Crippen MR) is 127 cm³/mol. The highest BCUT2D eigenvalue weighted by Gasteiger charge is 2.27. The number of hydrogen-bond acceptors (Lipinski definition) is 6. The maximum atomic E-state index is 13.8. The van der Waals surface area contributed by atoms with Crippen LogP contribution in [0.25, 0.3) is 0 Å². The van der Waals surface area contributed by atoms with Gasteiger partial charge < -0.3 is 19.9 Å². The molecule has 1 aliphatic rings. The van der Waals surface area contributed by atoms with Crippen molar-refractivity contribution < 1.29 is 13.9 Å². The zero-order valence-electron chi connectivity index (χ0n) is 19.1. The van der Waals surface area contributed by atoms with E-state index in [9.17, 15) is 9.18 Å². The first-order valence-electron chi connectivity index (χ1n) is 11.0. The van der Waals surface area contributed by atoms with Crippen molar-refractivity contribution in [1.82, 2.24) is 14.9 Å². The third kappa shape index (κ3) is 5.58. The van der Waals surface area contributed by atoms with Crippen molar-refractivity contribution in [1.29, 1.82) is 0 Å². The molecule has 0 aliphatic carbocycles. The highest BCUT2D eigenvalue weighted by Crippen LogP contribution is 2.22. The first-order chi connectivity index (χ1) is 15.9. The largest absolute Gasteiger partial charge is 0.478 e. The number of benzene rings is 2. The molecule has 0 saturated carbocycles. The maximum absolute atomic E-state index is 13.8. The highest BCUT2D eigenvalue weighted by molar-refractivity contribution is 5.81. The van der Waals surface area contributed by atoms with Gasteiger partial charge in [-0.05, 0) is 45.0 Å². The van der Waals surface area contributed by atoms with Gasteiger partial charge in [-0.3, -0.25) is 4.79 Å². The van der Waals surface area contributed by atoms with Gasteiger partial charge in [0.05, 0.1) is 0 Å². The molecule has 1 aromatic heterocycles. The molecule has 1 saturated heterocycles. The molecule has 1 aliphatic heterocycles. The minimum atomic E-state index is -0.764. The van der Waals surface area contributed by atoms with Crippen LogP contribution >= 0.6 is 0 Å². The molecule has 8 heteroatoms. The number of nitrogens with one attached hydrogen (secondary N) is 1. The third-order valence-electron chi connectivity index (χ3n) is 5.55. The lowest BCUT2D eigenvalue weighted by molar-refractivity contribution is -0.138. The van der Waals surface area contributed by atoms with Gasteiger partial charge in [-0.15, -0.1) is 0 Å². The number of carbonyl (C=O) groups is 1. The van der Waals surface area contributed by atoms with E-state index < -0.39 is 11.9 Å². The van der Waals surface area contributed by atoms with E-state index in [2.05, 4.69) is 20.2 Å². The SMILES string of the molecule is Cc1ccc(Nc2cc(N3CCN(C(=O)C(C)Oc4ccccc4F)CC3)nc(C)n2)cc1. The van der Waals surface area contributed by atoms with E-state index in [0.29, 0.717) is 32.0 Å². The number of halogens is 1. The summed E-state index contributed by atoms with van der Waals surface area (Å²) in [4.78, 5) is 25.8. The summed E-state index contributed by atoms with van der Waals surface area (Å²) in [6.45, 7) is 7.91. The number of piperazine rings is 1. The fraction of sp³-hybridized carbons (Fsp3) is 0.320. The summed E-state index contributed by atoms with van der Waals surface area (Å²) in [7, 11) is 0. The number of aromatic nitrogens is 2. The molecule has 4 rings (SSSR count). The van der Waals surface area contributed by atoms with E-state index in [-0.39, 0.29) is 11.7 Å². The Morgan fingerprint density at radius 2 is 1.73 bits per heavy atom. The first-order valence-corrected chi connectivity index (χ1v) is 11.0. The fourth-order valence-corrected chi connectivity index (χ4v) is 3.76. The zero-order chi connectivity index (χ0) is 23.4. The molecule has 172 valence electrons. The van der Waals surface area contributed by atoms with Crippen LogP contribution in [-0.2, 0) is 4.79 Å². The van der Waals surface area contributed by atoms with E-state index in [1.54, 1.807) is 24.0 Å². The van der Waals surface area contributed by atoms with Crippen LogP contribution in [0, 0.1) is 19.7 Å². The minimum absolute atomic E-state index is 0.0852. The Balaban J connectivity index is 1.37. The van der Waals surface area contributed by atoms with Crippen molar-refractivity contribution in [3.63, 3.8) is 0 Å². The molecule has 1 fully saturated rings. The number of amides is 1. The molecule has 33 heavy (non-hydrogen) atoms. The number of carbonyl (C=O) groups excluding carboxylic acids is 1. The second-order valence-corrected chi connectivity index (χ2v) is 8.15. The van der Waals surface area contributed by atoms with E-state index in [0.717, 1.165) is 17.3 Å². The van der Waals surface area contributed by atoms with Gasteiger partial charge in [0.25, 0.3) is 5.91 Å². The topological polar surface area (TPSA) is 70.6 Å². The molecule has 7 nitrogen and oxygen atoms in total. The Hall–Kier alpha value is -3.68. The lowest BCUT2D eigenvalue weighted by Crippen LogP contribution is -2.52. The molecule has 1 unspecified atom stereocenters. The molecular formula is C25H28FN5O2. The Bertz CT molecular complexity index is 1110. The summed E-state index contributed by atoms with van der Waals surface area (Å²) in [6.07, 6.45) is -0.764. The average molecular weight is 450 g/mol. The Morgan fingerprint density at radius 1 is 1.03 bits per heavy atom. The Morgan fingerprint density at radius 3 is 2.42 bits per heavy atom. The smallest absolute Gasteiger partial charge is 0.263 e. The van der Waals surface area contributed by atoms with Crippen LogP contribution in [0.5, 0.6) is 5.75 Å². The van der Waals surface area contributed by atoms with Crippen molar-refractivity contribution in [2.24, 2.45) is 0 Å². The summed E-state index contributed by atoms with van der Waals surface area (Å²) >= 11 is 0. The van der Waals surface area contributed by atoms with E-state index >= 15 is 0 Å². The summed E-state index contributed by atoms with van der Waals surface area (Å²) in [5.41, 5.74) is 2.16. The van der Waals surface area contributed by atoms with Gasteiger partial charge >= 0.3 is 0 Å². The quantitative estimate of drug-likeness (QED) is 0.611. The number of rotatable bonds is 6. The minimum Gasteiger partial charge on any atom is -0.478 e. The molecule has 3 aromatic rings. The van der Waals surface area contributed by atoms with Gasteiger partial charge in [0.2, 0.25) is 0 Å². The van der Waals surface area contributed by atoms with Gasteiger partial charge in [-0.1, -0.05) is 29.8 Å². The van der Waals surface area contributed by atoms with Crippen molar-refractivity contribution in [2.75, 3.05) is 36.4 Å². The van der Waals surface area contributed by atoms with E-state index in [1.807, 2.05) is 44.2 Å². The Labute approximate surface area is 193 Å². The second kappa shape index (κ2) is 9.85. The van der Waals surface area contributed by atoms with Crippen LogP contribution in [0.15, 0.2) is 54.6 Å². The number of hydrogen-bond donors (Lipinski definition) is 1. The molecule has 2 aromatic carbocycles. The van der Waals surface area contributed by atoms with Gasteiger partial charge in [-0.25, -0.2) is 14.4 Å². The predicted octanol–water partition coefficient (Wildman–Crippen LogP) is 4.09. The standard InChI is InChI=1S/C25H28FN5O2/c1-17-8-10-20(11-9-17)29-23-16-24(28-19(3)27-23)30-12-14-31(15-13-30)25(32)18(2)33-22-7-5-4-6-21(22)26/h4-11,16,18H,12-15H2,1-3H3,(H,27,28,29). The van der Waals surface area contributed by atoms with Gasteiger partial charge in [-0.2, -0.15) is 0 Å². The summed E-state index contributed by atoms with van der Waals surface area (Å²) in [5.74, 6) is 1.68. The van der Waals surface area contributed by atoms with Crippen LogP contribution in [0.4, 0.5) is 21.7 Å². The summed E-state index contributed by atoms with van der Waals surface area (Å²) < 4.78 is 19.4. The molecule has 0 radical (unpaired) electrons. The molecule has 1 atom stereocenters. The molecule has 1 amide bonds. The molecule has 0 spiro atoms. The zero-order valence-corrected chi connectivity index (χ0v) is 19.1. The highest BCUT2D eigenvalue weighted by atomic mass is 19.1. The summed E-state index contributed by atoms with van der Waals surface area (Å²) in [6, 6.07) is 16.2. The van der Waals surface area contributed by atoms with Gasteiger partial charge in [0.15, 0.2) is 17.7 Å². The van der Waals surface area contributed by atoms with Crippen molar-refractivity contribution in [3.05, 3.63) is 71.8 Å². The van der Waals surface area contributed by atoms with Crippen molar-refractivity contribution >= 4 is 23.2 Å². The third-order valence-corrected chi connectivity index (χ3v) is 5.55. The Kier molecular flexibility index (Phi) is 6.72. The van der Waals surface area contributed by atoms with Crippen LogP contribution < -0.4 is 15.0 Å². The number of aryl methyl sites for hydroxylation is 2. The lowest BCUT2D eigenvalue weighted by atomic mass is 10.2. The molecule has 2 heterocycles. The number of ether oxygens (including phenoxy) is 1. The maximum Gasteiger partial charge on any atom is 0.263 e. The first kappa shape index (κ1) is 22.5. The van der Waals surface area contributed by atoms with Crippen LogP contribution in [0.2, 0.25) is 0 Å².